The number of sulfonamides is 1. The molecule has 7 heteroatoms. The lowest BCUT2D eigenvalue weighted by molar-refractivity contribution is -0.0264. The second-order valence-corrected chi connectivity index (χ2v) is 12.3. The van der Waals surface area contributed by atoms with Crippen molar-refractivity contribution in [3.05, 3.63) is 101 Å². The monoisotopic (exact) mass is 549 g/mol. The van der Waals surface area contributed by atoms with Crippen LogP contribution in [0.25, 0.3) is 0 Å². The number of nitrogens with zero attached hydrogens (tertiary/aromatic N) is 1. The third-order valence-corrected chi connectivity index (χ3v) is 8.84. The first-order valence-electron chi connectivity index (χ1n) is 12.7. The smallest absolute Gasteiger partial charge is 0.339 e. The Hall–Kier alpha value is -3.18. The lowest BCUT2D eigenvalue weighted by atomic mass is 9.85. The Morgan fingerprint density at radius 1 is 1.13 bits per heavy atom. The van der Waals surface area contributed by atoms with E-state index in [1.807, 2.05) is 50.6 Å². The average molecular weight is 550 g/mol. The molecule has 2 aromatic carbocycles. The number of ether oxygens (including phenoxy) is 1. The first kappa shape index (κ1) is 29.4. The number of carbonyl (C=O) groups excluding carboxylic acids is 1. The molecule has 0 unspecified atom stereocenters. The van der Waals surface area contributed by atoms with Crippen LogP contribution in [0.15, 0.2) is 89.0 Å². The van der Waals surface area contributed by atoms with Gasteiger partial charge in [0.1, 0.15) is 0 Å². The molecule has 1 aromatic heterocycles. The van der Waals surface area contributed by atoms with Gasteiger partial charge >= 0.3 is 5.97 Å². The van der Waals surface area contributed by atoms with Gasteiger partial charge in [0.25, 0.3) is 0 Å². The summed E-state index contributed by atoms with van der Waals surface area (Å²) in [5.41, 5.74) is 0.699. The molecule has 3 aromatic rings. The first-order valence-corrected chi connectivity index (χ1v) is 15.0. The van der Waals surface area contributed by atoms with Gasteiger partial charge in [0, 0.05) is 17.5 Å². The van der Waals surface area contributed by atoms with Crippen LogP contribution >= 0.6 is 11.3 Å². The number of rotatable bonds is 11. The van der Waals surface area contributed by atoms with E-state index in [2.05, 4.69) is 18.4 Å². The molecule has 200 valence electrons. The third kappa shape index (κ3) is 7.02. The van der Waals surface area contributed by atoms with Gasteiger partial charge in [-0.05, 0) is 67.3 Å². The molecule has 0 radical (unpaired) electrons. The predicted octanol–water partition coefficient (Wildman–Crippen LogP) is 6.71. The van der Waals surface area contributed by atoms with Crippen LogP contribution in [-0.4, -0.2) is 36.9 Å². The summed E-state index contributed by atoms with van der Waals surface area (Å²) >= 11 is 1.51. The van der Waals surface area contributed by atoms with E-state index < -0.39 is 27.6 Å². The lowest BCUT2D eigenvalue weighted by Gasteiger charge is -2.42. The van der Waals surface area contributed by atoms with Crippen LogP contribution in [0.1, 0.15) is 55.1 Å². The molecular weight excluding hydrogens is 514 g/mol. The Balaban J connectivity index is 2.22. The highest BCUT2D eigenvalue weighted by atomic mass is 32.2. The summed E-state index contributed by atoms with van der Waals surface area (Å²) in [5.74, 6) is 5.93. The van der Waals surface area contributed by atoms with Crippen molar-refractivity contribution in [3.8, 4) is 11.8 Å². The topological polar surface area (TPSA) is 63.7 Å². The maximum atomic E-state index is 14.1. The second-order valence-electron chi connectivity index (χ2n) is 9.58. The maximum Gasteiger partial charge on any atom is 0.339 e. The predicted molar refractivity (Wildman–Crippen MR) is 155 cm³/mol. The van der Waals surface area contributed by atoms with Gasteiger partial charge in [0.05, 0.1) is 16.5 Å². The van der Waals surface area contributed by atoms with Crippen molar-refractivity contribution >= 4 is 27.3 Å². The largest absolute Gasteiger partial charge is 0.440 e. The van der Waals surface area contributed by atoms with Crippen LogP contribution in [0, 0.1) is 24.7 Å². The van der Waals surface area contributed by atoms with E-state index in [0.717, 1.165) is 11.1 Å². The standard InChI is InChI=1S/C31H35NO4S2/c1-6-20-32(38(34,35)28-15-13-25(5)14-16-28)29(22-24(3)4)31(7-2,19-17-26-18-21-37-23-26)36-30(33)27-11-9-8-10-12-27/h6,8-16,18,21,23-24,29H,1,7,20,22H2,2-5H3/t29-,31-/m0/s1. The number of thiophene rings is 1. The highest BCUT2D eigenvalue weighted by Crippen LogP contribution is 2.34. The number of esters is 1. The zero-order chi connectivity index (χ0) is 27.8. The maximum absolute atomic E-state index is 14.1. The van der Waals surface area contributed by atoms with Crippen molar-refractivity contribution in [3.63, 3.8) is 0 Å². The minimum Gasteiger partial charge on any atom is -0.440 e. The summed E-state index contributed by atoms with van der Waals surface area (Å²) in [6.45, 7) is 11.7. The average Bonchev–Trinajstić information content (AvgIpc) is 3.43. The van der Waals surface area contributed by atoms with Crippen molar-refractivity contribution < 1.29 is 17.9 Å². The van der Waals surface area contributed by atoms with Crippen molar-refractivity contribution in [2.45, 2.75) is 57.1 Å². The molecule has 0 amide bonds. The molecule has 0 spiro atoms. The fraction of sp³-hybridized carbons (Fsp3) is 0.323. The van der Waals surface area contributed by atoms with E-state index in [4.69, 9.17) is 4.74 Å². The molecule has 0 bridgehead atoms. The molecular formula is C31H35NO4S2. The molecule has 0 aliphatic rings. The molecule has 0 aliphatic heterocycles. The lowest BCUT2D eigenvalue weighted by Crippen LogP contribution is -2.56. The Kier molecular flexibility index (Phi) is 10.1. The third-order valence-electron chi connectivity index (χ3n) is 6.27. The van der Waals surface area contributed by atoms with E-state index in [-0.39, 0.29) is 23.8 Å². The van der Waals surface area contributed by atoms with Gasteiger partial charge in [-0.2, -0.15) is 15.6 Å². The Bertz CT molecular complexity index is 1370. The van der Waals surface area contributed by atoms with Crippen LogP contribution in [0.3, 0.4) is 0 Å². The van der Waals surface area contributed by atoms with Crippen molar-refractivity contribution in [2.75, 3.05) is 6.54 Å². The van der Waals surface area contributed by atoms with Gasteiger partial charge in [-0.3, -0.25) is 0 Å². The van der Waals surface area contributed by atoms with Gasteiger partial charge in [0.2, 0.25) is 10.0 Å². The number of benzene rings is 2. The van der Waals surface area contributed by atoms with Crippen LogP contribution in [0.4, 0.5) is 0 Å². The Morgan fingerprint density at radius 2 is 1.82 bits per heavy atom. The highest BCUT2D eigenvalue weighted by molar-refractivity contribution is 7.89. The fourth-order valence-corrected chi connectivity index (χ4v) is 6.47. The molecule has 0 fully saturated rings. The molecule has 0 aliphatic carbocycles. The first-order chi connectivity index (χ1) is 18.1. The van der Waals surface area contributed by atoms with Crippen LogP contribution in [-0.2, 0) is 14.8 Å². The summed E-state index contributed by atoms with van der Waals surface area (Å²) in [6, 6.07) is 16.6. The van der Waals surface area contributed by atoms with Gasteiger partial charge in [-0.25, -0.2) is 13.2 Å². The molecule has 38 heavy (non-hydrogen) atoms. The minimum atomic E-state index is -3.99. The molecule has 1 heterocycles. The van der Waals surface area contributed by atoms with Crippen LogP contribution < -0.4 is 0 Å². The molecule has 0 saturated carbocycles. The van der Waals surface area contributed by atoms with Gasteiger partial charge in [-0.15, -0.1) is 6.58 Å². The molecule has 3 rings (SSSR count). The summed E-state index contributed by atoms with van der Waals surface area (Å²) in [7, 11) is -3.99. The van der Waals surface area contributed by atoms with Crippen molar-refractivity contribution in [2.24, 2.45) is 5.92 Å². The number of carbonyl (C=O) groups is 1. The van der Waals surface area contributed by atoms with E-state index in [0.29, 0.717) is 12.0 Å². The highest BCUT2D eigenvalue weighted by Gasteiger charge is 2.47. The minimum absolute atomic E-state index is 0.0400. The van der Waals surface area contributed by atoms with Crippen molar-refractivity contribution in [1.29, 1.82) is 0 Å². The summed E-state index contributed by atoms with van der Waals surface area (Å²) in [5, 5.41) is 3.83. The van der Waals surface area contributed by atoms with Gasteiger partial charge in [-0.1, -0.05) is 68.7 Å². The van der Waals surface area contributed by atoms with E-state index in [9.17, 15) is 13.2 Å². The SMILES string of the molecule is C=CCN([C@@H](CC(C)C)[C@@](C#Cc1ccsc1)(CC)OC(=O)c1ccccc1)S(=O)(=O)c1ccc(C)cc1. The molecule has 2 atom stereocenters. The van der Waals surface area contributed by atoms with E-state index >= 15 is 0 Å². The van der Waals surface area contributed by atoms with Crippen LogP contribution in [0.2, 0.25) is 0 Å². The Morgan fingerprint density at radius 3 is 2.37 bits per heavy atom. The zero-order valence-electron chi connectivity index (χ0n) is 22.4. The van der Waals surface area contributed by atoms with Gasteiger partial charge in [0.15, 0.2) is 5.60 Å². The summed E-state index contributed by atoms with van der Waals surface area (Å²) in [6.07, 6.45) is 2.27. The molecule has 0 saturated heterocycles. The zero-order valence-corrected chi connectivity index (χ0v) is 24.0. The van der Waals surface area contributed by atoms with Gasteiger partial charge < -0.3 is 4.74 Å². The summed E-state index contributed by atoms with van der Waals surface area (Å²) in [4.78, 5) is 13.6. The summed E-state index contributed by atoms with van der Waals surface area (Å²) < 4.78 is 35.9. The van der Waals surface area contributed by atoms with Crippen LogP contribution in [0.5, 0.6) is 0 Å². The van der Waals surface area contributed by atoms with Crippen molar-refractivity contribution in [1.82, 2.24) is 4.31 Å². The molecule has 5 nitrogen and oxygen atoms in total. The normalized spacial score (nSPS) is 13.8. The number of hydrogen-bond acceptors (Lipinski definition) is 5. The molecule has 0 N–H and O–H groups in total. The quantitative estimate of drug-likeness (QED) is 0.152. The van der Waals surface area contributed by atoms with E-state index in [1.54, 1.807) is 54.6 Å². The number of hydrogen-bond donors (Lipinski definition) is 0. The number of aryl methyl sites for hydroxylation is 1. The fourth-order valence-electron chi connectivity index (χ4n) is 4.24. The van der Waals surface area contributed by atoms with E-state index in [1.165, 1.54) is 15.6 Å². The Labute approximate surface area is 231 Å². The second kappa shape index (κ2) is 13.1.